The number of carbonyl (C=O) groups is 3. The number of ether oxygens (including phenoxy) is 3. The van der Waals surface area contributed by atoms with Gasteiger partial charge in [-0.15, -0.1) is 0 Å². The van der Waals surface area contributed by atoms with E-state index in [4.69, 9.17) is 14.2 Å². The molecule has 0 aliphatic carbocycles. The van der Waals surface area contributed by atoms with Gasteiger partial charge in [0.1, 0.15) is 0 Å². The van der Waals surface area contributed by atoms with Crippen molar-refractivity contribution >= 4 is 17.9 Å². The number of hydrogen-bond donors (Lipinski definition) is 1. The van der Waals surface area contributed by atoms with Crippen LogP contribution in [0, 0.1) is 11.8 Å². The molecule has 362 valence electrons. The van der Waals surface area contributed by atoms with Crippen molar-refractivity contribution in [2.75, 3.05) is 66.2 Å². The van der Waals surface area contributed by atoms with E-state index in [1.54, 1.807) is 0 Å². The summed E-state index contributed by atoms with van der Waals surface area (Å²) < 4.78 is 17.2. The molecule has 9 heteroatoms. The summed E-state index contributed by atoms with van der Waals surface area (Å²) in [5, 5.41) is 9.77. The van der Waals surface area contributed by atoms with E-state index in [9.17, 15) is 19.5 Å². The minimum absolute atomic E-state index is 0.00547. The normalized spacial score (nSPS) is 11.7. The molecular formula is C52H102N2O7. The van der Waals surface area contributed by atoms with Crippen molar-refractivity contribution in [3.63, 3.8) is 0 Å². The van der Waals surface area contributed by atoms with Crippen molar-refractivity contribution < 1.29 is 33.7 Å². The first-order valence-electron chi connectivity index (χ1n) is 26.3. The molecule has 1 N–H and O–H groups in total. The van der Waals surface area contributed by atoms with Gasteiger partial charge in [0.05, 0.1) is 26.4 Å². The zero-order valence-electron chi connectivity index (χ0n) is 41.1. The first kappa shape index (κ1) is 59.3. The van der Waals surface area contributed by atoms with E-state index >= 15 is 0 Å². The Morgan fingerprint density at radius 1 is 0.393 bits per heavy atom. The molecule has 0 fully saturated rings. The summed E-state index contributed by atoms with van der Waals surface area (Å²) in [6.07, 6.45) is 36.1. The maximum atomic E-state index is 12.7. The van der Waals surface area contributed by atoms with E-state index in [1.807, 2.05) is 0 Å². The molecule has 9 nitrogen and oxygen atoms in total. The second-order valence-electron chi connectivity index (χ2n) is 18.4. The van der Waals surface area contributed by atoms with Gasteiger partial charge in [-0.3, -0.25) is 19.3 Å². The molecule has 0 saturated carbocycles. The number of carbonyl (C=O) groups excluding carboxylic acids is 3. The van der Waals surface area contributed by atoms with Gasteiger partial charge in [0, 0.05) is 44.8 Å². The molecule has 0 unspecified atom stereocenters. The highest BCUT2D eigenvalue weighted by atomic mass is 16.5. The molecule has 0 atom stereocenters. The average molecular weight is 867 g/mol. The molecule has 0 spiro atoms. The average Bonchev–Trinajstić information content (AvgIpc) is 3.25. The maximum Gasteiger partial charge on any atom is 0.305 e. The van der Waals surface area contributed by atoms with Gasteiger partial charge < -0.3 is 24.2 Å². The lowest BCUT2D eigenvalue weighted by atomic mass is 9.94. The summed E-state index contributed by atoms with van der Waals surface area (Å²) in [7, 11) is 2.16. The second-order valence-corrected chi connectivity index (χ2v) is 18.4. The van der Waals surface area contributed by atoms with Crippen LogP contribution in [0.2, 0.25) is 0 Å². The quantitative estimate of drug-likeness (QED) is 0.0363. The first-order valence-corrected chi connectivity index (χ1v) is 26.3. The van der Waals surface area contributed by atoms with Gasteiger partial charge in [0.2, 0.25) is 0 Å². The first-order chi connectivity index (χ1) is 29.8. The van der Waals surface area contributed by atoms with E-state index in [0.717, 1.165) is 103 Å². The molecule has 0 bridgehead atoms. The second kappa shape index (κ2) is 46.3. The van der Waals surface area contributed by atoms with Gasteiger partial charge in [0.15, 0.2) is 0 Å². The summed E-state index contributed by atoms with van der Waals surface area (Å²) in [6, 6.07) is 0. The molecule has 0 rings (SSSR count). The Labute approximate surface area is 377 Å². The Kier molecular flexibility index (Phi) is 45.0. The lowest BCUT2D eigenvalue weighted by molar-refractivity contribution is -0.149. The van der Waals surface area contributed by atoms with Crippen LogP contribution in [0.5, 0.6) is 0 Å². The Hall–Kier alpha value is -1.71. The Balaban J connectivity index is 4.56. The van der Waals surface area contributed by atoms with Crippen LogP contribution in [-0.2, 0) is 28.6 Å². The van der Waals surface area contributed by atoms with E-state index in [-0.39, 0.29) is 30.4 Å². The fourth-order valence-corrected chi connectivity index (χ4v) is 8.04. The van der Waals surface area contributed by atoms with E-state index in [0.29, 0.717) is 51.5 Å². The van der Waals surface area contributed by atoms with Gasteiger partial charge >= 0.3 is 17.9 Å². The maximum absolute atomic E-state index is 12.7. The minimum Gasteiger partial charge on any atom is -0.465 e. The van der Waals surface area contributed by atoms with Gasteiger partial charge in [-0.1, -0.05) is 169 Å². The molecule has 61 heavy (non-hydrogen) atoms. The highest BCUT2D eigenvalue weighted by Gasteiger charge is 2.17. The van der Waals surface area contributed by atoms with Crippen molar-refractivity contribution in [1.82, 2.24) is 9.80 Å². The van der Waals surface area contributed by atoms with Crippen LogP contribution in [0.25, 0.3) is 0 Å². The van der Waals surface area contributed by atoms with Gasteiger partial charge in [-0.2, -0.15) is 0 Å². The predicted octanol–water partition coefficient (Wildman–Crippen LogP) is 13.0. The van der Waals surface area contributed by atoms with Crippen molar-refractivity contribution in [2.24, 2.45) is 11.8 Å². The summed E-state index contributed by atoms with van der Waals surface area (Å²) in [5.74, 6) is 0.170. The minimum atomic E-state index is -0.152. The number of nitrogens with zero attached hydrogens (tertiary/aromatic N) is 2. The number of unbranched alkanes of at least 4 members (excludes halogenated alkanes) is 21. The molecule has 0 radical (unpaired) electrons. The molecule has 0 aliphatic rings. The summed E-state index contributed by atoms with van der Waals surface area (Å²) in [4.78, 5) is 42.3. The number of aliphatic hydroxyl groups excluding tert-OH is 1. The molecule has 0 amide bonds. The molecule has 0 aromatic rings. The van der Waals surface area contributed by atoms with Crippen LogP contribution in [-0.4, -0.2) is 99.0 Å². The smallest absolute Gasteiger partial charge is 0.305 e. The summed E-state index contributed by atoms with van der Waals surface area (Å²) >= 11 is 0. The summed E-state index contributed by atoms with van der Waals surface area (Å²) in [6.45, 7) is 14.5. The van der Waals surface area contributed by atoms with Gasteiger partial charge in [-0.05, 0) is 77.4 Å². The number of esters is 3. The number of hydrogen-bond acceptors (Lipinski definition) is 9. The highest BCUT2D eigenvalue weighted by Crippen LogP contribution is 2.21. The molecule has 0 aliphatic heterocycles. The fraction of sp³-hybridized carbons (Fsp3) is 0.942. The number of rotatable bonds is 48. The van der Waals surface area contributed by atoms with Crippen LogP contribution in [0.3, 0.4) is 0 Å². The van der Waals surface area contributed by atoms with Gasteiger partial charge in [-0.25, -0.2) is 0 Å². The largest absolute Gasteiger partial charge is 0.465 e. The molecule has 0 saturated heterocycles. The molecular weight excluding hydrogens is 765 g/mol. The van der Waals surface area contributed by atoms with Crippen molar-refractivity contribution in [3.8, 4) is 0 Å². The molecule has 0 heterocycles. The zero-order chi connectivity index (χ0) is 44.9. The molecule has 0 aromatic heterocycles. The third kappa shape index (κ3) is 42.0. The van der Waals surface area contributed by atoms with Crippen LogP contribution < -0.4 is 0 Å². The van der Waals surface area contributed by atoms with Crippen LogP contribution in [0.15, 0.2) is 0 Å². The van der Waals surface area contributed by atoms with E-state index < -0.39 is 0 Å². The standard InChI is InChI=1S/C52H102N2O7/c1-6-10-14-18-22-25-33-48(34-26-23-19-15-11-7-2)45-59-50(56)38-29-24-31-39-53(5)41-42-54(43-44-55)40-32-30-35-49(46-60-51(57)36-27-20-16-12-8-3)47-61-52(58)37-28-21-17-13-9-4/h48-49,55H,6-47H2,1-5H3. The van der Waals surface area contributed by atoms with Crippen molar-refractivity contribution in [2.45, 2.75) is 240 Å². The monoisotopic (exact) mass is 867 g/mol. The fourth-order valence-electron chi connectivity index (χ4n) is 8.04. The third-order valence-corrected chi connectivity index (χ3v) is 12.3. The van der Waals surface area contributed by atoms with Crippen molar-refractivity contribution in [1.29, 1.82) is 0 Å². The Morgan fingerprint density at radius 3 is 1.18 bits per heavy atom. The van der Waals surface area contributed by atoms with Crippen LogP contribution in [0.1, 0.15) is 240 Å². The third-order valence-electron chi connectivity index (χ3n) is 12.3. The SMILES string of the molecule is CCCCCCCCC(CCCCCCCC)COC(=O)CCCCCN(C)CCN(CCO)CCCCC(COC(=O)CCCCCCC)COC(=O)CCCCCCC. The van der Waals surface area contributed by atoms with Crippen molar-refractivity contribution in [3.05, 3.63) is 0 Å². The van der Waals surface area contributed by atoms with Crippen LogP contribution in [0.4, 0.5) is 0 Å². The molecule has 0 aromatic carbocycles. The van der Waals surface area contributed by atoms with Crippen LogP contribution >= 0.6 is 0 Å². The lowest BCUT2D eigenvalue weighted by Gasteiger charge is -2.25. The van der Waals surface area contributed by atoms with E-state index in [1.165, 1.54) is 116 Å². The Morgan fingerprint density at radius 2 is 0.738 bits per heavy atom. The zero-order valence-corrected chi connectivity index (χ0v) is 41.1. The van der Waals surface area contributed by atoms with E-state index in [2.05, 4.69) is 44.5 Å². The Bertz CT molecular complexity index is 920. The predicted molar refractivity (Wildman–Crippen MR) is 256 cm³/mol. The van der Waals surface area contributed by atoms with Gasteiger partial charge in [0.25, 0.3) is 0 Å². The summed E-state index contributed by atoms with van der Waals surface area (Å²) in [5.41, 5.74) is 0. The number of likely N-dealkylation sites (N-methyl/N-ethyl adjacent to an activating group) is 1. The topological polar surface area (TPSA) is 106 Å². The lowest BCUT2D eigenvalue weighted by Crippen LogP contribution is -2.36. The highest BCUT2D eigenvalue weighted by molar-refractivity contribution is 5.70. The number of aliphatic hydroxyl groups is 1.